The lowest BCUT2D eigenvalue weighted by Gasteiger charge is -2.31. The van der Waals surface area contributed by atoms with Crippen LogP contribution in [0.3, 0.4) is 0 Å². The van der Waals surface area contributed by atoms with Crippen LogP contribution in [0.2, 0.25) is 0 Å². The number of aromatic nitrogens is 1. The number of hydrogen-bond donors (Lipinski definition) is 2. The Kier molecular flexibility index (Phi) is 6.06. The summed E-state index contributed by atoms with van der Waals surface area (Å²) in [7, 11) is 2.01. The van der Waals surface area contributed by atoms with Crippen molar-refractivity contribution in [1.82, 2.24) is 20.3 Å². The van der Waals surface area contributed by atoms with E-state index in [1.807, 2.05) is 74.6 Å². The van der Waals surface area contributed by atoms with Crippen LogP contribution >= 0.6 is 0 Å². The maximum absolute atomic E-state index is 13.6. The van der Waals surface area contributed by atoms with Gasteiger partial charge < -0.3 is 9.47 Å². The van der Waals surface area contributed by atoms with Gasteiger partial charge in [0.25, 0.3) is 11.8 Å². The average Bonchev–Trinajstić information content (AvgIpc) is 3.32. The highest BCUT2D eigenvalue weighted by molar-refractivity contribution is 6.03. The molecule has 7 heteroatoms. The van der Waals surface area contributed by atoms with Gasteiger partial charge >= 0.3 is 0 Å². The molecule has 3 amide bonds. The van der Waals surface area contributed by atoms with E-state index in [0.717, 1.165) is 33.3 Å². The standard InChI is InChI=1S/C29H28N4O3/c1-18-26(23-15-9-10-16-24(23)32(18)3)27-21-13-7-8-14-22(21)29(36)33(27)19(2)28(35)31-30-25(34)17-20-11-5-4-6-12-20/h4-16,19,27H,17H2,1-3H3,(H,30,34)(H,31,35). The minimum absolute atomic E-state index is 0.140. The van der Waals surface area contributed by atoms with E-state index < -0.39 is 18.0 Å². The third kappa shape index (κ3) is 3.92. The van der Waals surface area contributed by atoms with Gasteiger partial charge in [0.2, 0.25) is 5.91 Å². The first-order chi connectivity index (χ1) is 17.4. The van der Waals surface area contributed by atoms with Gasteiger partial charge in [-0.2, -0.15) is 0 Å². The van der Waals surface area contributed by atoms with E-state index in [1.54, 1.807) is 17.9 Å². The molecule has 1 aliphatic heterocycles. The Hall–Kier alpha value is -4.39. The van der Waals surface area contributed by atoms with Crippen molar-refractivity contribution in [3.63, 3.8) is 0 Å². The second kappa shape index (κ2) is 9.34. The summed E-state index contributed by atoms with van der Waals surface area (Å²) in [5.41, 5.74) is 10.4. The van der Waals surface area contributed by atoms with Crippen LogP contribution in [0.1, 0.15) is 45.7 Å². The molecule has 0 fully saturated rings. The van der Waals surface area contributed by atoms with Crippen molar-refractivity contribution in [1.29, 1.82) is 0 Å². The molecule has 2 atom stereocenters. The molecule has 0 saturated carbocycles. The van der Waals surface area contributed by atoms with E-state index in [4.69, 9.17) is 0 Å². The number of aryl methyl sites for hydroxylation is 1. The lowest BCUT2D eigenvalue weighted by atomic mass is 9.95. The molecule has 2 unspecified atom stereocenters. The minimum atomic E-state index is -0.828. The highest BCUT2D eigenvalue weighted by Crippen LogP contribution is 2.44. The van der Waals surface area contributed by atoms with E-state index in [2.05, 4.69) is 27.6 Å². The number of para-hydroxylation sites is 1. The van der Waals surface area contributed by atoms with Crippen molar-refractivity contribution >= 4 is 28.6 Å². The molecule has 7 nitrogen and oxygen atoms in total. The quantitative estimate of drug-likeness (QED) is 0.426. The summed E-state index contributed by atoms with van der Waals surface area (Å²) >= 11 is 0. The van der Waals surface area contributed by atoms with E-state index >= 15 is 0 Å². The van der Waals surface area contributed by atoms with E-state index in [9.17, 15) is 14.4 Å². The molecule has 3 aromatic carbocycles. The maximum atomic E-state index is 13.6. The zero-order valence-corrected chi connectivity index (χ0v) is 20.5. The van der Waals surface area contributed by atoms with Crippen LogP contribution in [0.25, 0.3) is 10.9 Å². The monoisotopic (exact) mass is 480 g/mol. The largest absolute Gasteiger partial charge is 0.348 e. The van der Waals surface area contributed by atoms with Gasteiger partial charge in [-0.25, -0.2) is 0 Å². The van der Waals surface area contributed by atoms with E-state index in [0.29, 0.717) is 5.56 Å². The second-order valence-electron chi connectivity index (χ2n) is 9.15. The molecule has 0 bridgehead atoms. The van der Waals surface area contributed by atoms with Crippen molar-refractivity contribution in [3.8, 4) is 0 Å². The first-order valence-electron chi connectivity index (χ1n) is 12.0. The van der Waals surface area contributed by atoms with Gasteiger partial charge in [-0.15, -0.1) is 0 Å². The Bertz CT molecular complexity index is 1470. The summed E-state index contributed by atoms with van der Waals surface area (Å²) < 4.78 is 2.11. The molecule has 0 aliphatic carbocycles. The smallest absolute Gasteiger partial charge is 0.260 e. The molecule has 2 heterocycles. The predicted molar refractivity (Wildman–Crippen MR) is 138 cm³/mol. The number of benzene rings is 3. The minimum Gasteiger partial charge on any atom is -0.348 e. The molecular weight excluding hydrogens is 452 g/mol. The number of rotatable bonds is 5. The van der Waals surface area contributed by atoms with Crippen molar-refractivity contribution in [2.75, 3.05) is 0 Å². The SMILES string of the molecule is Cc1c(C2c3ccccc3C(=O)N2C(C)C(=O)NNC(=O)Cc2ccccc2)c2ccccc2n1C. The molecule has 2 N–H and O–H groups in total. The average molecular weight is 481 g/mol. The van der Waals surface area contributed by atoms with E-state index in [-0.39, 0.29) is 18.2 Å². The summed E-state index contributed by atoms with van der Waals surface area (Å²) in [6.45, 7) is 3.73. The van der Waals surface area contributed by atoms with Gasteiger partial charge in [0, 0.05) is 34.8 Å². The number of carbonyl (C=O) groups excluding carboxylic acids is 3. The van der Waals surface area contributed by atoms with Crippen molar-refractivity contribution in [3.05, 3.63) is 107 Å². The van der Waals surface area contributed by atoms with Gasteiger partial charge in [-0.3, -0.25) is 25.2 Å². The Labute approximate surface area is 209 Å². The van der Waals surface area contributed by atoms with Crippen LogP contribution in [0.15, 0.2) is 78.9 Å². The van der Waals surface area contributed by atoms with Crippen LogP contribution in [0.4, 0.5) is 0 Å². The maximum Gasteiger partial charge on any atom is 0.260 e. The van der Waals surface area contributed by atoms with Crippen molar-refractivity contribution in [2.24, 2.45) is 7.05 Å². The third-order valence-corrected chi connectivity index (χ3v) is 7.05. The molecule has 1 aromatic heterocycles. The Morgan fingerprint density at radius 3 is 2.36 bits per heavy atom. The molecule has 182 valence electrons. The second-order valence-corrected chi connectivity index (χ2v) is 9.15. The van der Waals surface area contributed by atoms with Crippen molar-refractivity contribution in [2.45, 2.75) is 32.4 Å². The number of fused-ring (bicyclic) bond motifs is 2. The van der Waals surface area contributed by atoms with Crippen molar-refractivity contribution < 1.29 is 14.4 Å². The molecule has 5 rings (SSSR count). The molecule has 0 saturated heterocycles. The summed E-state index contributed by atoms with van der Waals surface area (Å²) in [6, 6.07) is 23.6. The van der Waals surface area contributed by atoms with Crippen LogP contribution in [0.5, 0.6) is 0 Å². The molecule has 1 aliphatic rings. The Balaban J connectivity index is 1.45. The first kappa shape index (κ1) is 23.4. The first-order valence-corrected chi connectivity index (χ1v) is 12.0. The lowest BCUT2D eigenvalue weighted by molar-refractivity contribution is -0.131. The third-order valence-electron chi connectivity index (χ3n) is 7.05. The molecular formula is C29H28N4O3. The zero-order chi connectivity index (χ0) is 25.4. The molecule has 36 heavy (non-hydrogen) atoms. The van der Waals surface area contributed by atoms with Gasteiger partial charge in [0.05, 0.1) is 12.5 Å². The molecule has 0 radical (unpaired) electrons. The lowest BCUT2D eigenvalue weighted by Crippen LogP contribution is -2.52. The number of hydrogen-bond acceptors (Lipinski definition) is 3. The molecule has 4 aromatic rings. The Morgan fingerprint density at radius 1 is 0.917 bits per heavy atom. The summed E-state index contributed by atoms with van der Waals surface area (Å²) in [4.78, 5) is 40.8. The van der Waals surface area contributed by atoms with Gasteiger partial charge in [0.1, 0.15) is 6.04 Å². The fraction of sp³-hybridized carbons (Fsp3) is 0.207. The number of nitrogens with one attached hydrogen (secondary N) is 2. The van der Waals surface area contributed by atoms with Gasteiger partial charge in [0.15, 0.2) is 0 Å². The summed E-state index contributed by atoms with van der Waals surface area (Å²) in [5, 5.41) is 1.04. The molecule has 0 spiro atoms. The van der Waals surface area contributed by atoms with Gasteiger partial charge in [-0.1, -0.05) is 66.7 Å². The highest BCUT2D eigenvalue weighted by atomic mass is 16.2. The number of hydrazine groups is 1. The van der Waals surface area contributed by atoms with Crippen LogP contribution in [-0.2, 0) is 23.1 Å². The number of nitrogens with zero attached hydrogens (tertiary/aromatic N) is 2. The number of amides is 3. The van der Waals surface area contributed by atoms with Gasteiger partial charge in [-0.05, 0) is 37.1 Å². The van der Waals surface area contributed by atoms with E-state index in [1.165, 1.54) is 0 Å². The Morgan fingerprint density at radius 2 is 1.58 bits per heavy atom. The topological polar surface area (TPSA) is 83.4 Å². The summed E-state index contributed by atoms with van der Waals surface area (Å²) in [5.74, 6) is -0.999. The fourth-order valence-electron chi connectivity index (χ4n) is 5.11. The number of carbonyl (C=O) groups is 3. The normalized spacial score (nSPS) is 15.6. The van der Waals surface area contributed by atoms with Crippen LogP contribution < -0.4 is 10.9 Å². The summed E-state index contributed by atoms with van der Waals surface area (Å²) in [6.07, 6.45) is 0.140. The van der Waals surface area contributed by atoms with Crippen LogP contribution in [-0.4, -0.2) is 33.2 Å². The fourth-order valence-corrected chi connectivity index (χ4v) is 5.11. The van der Waals surface area contributed by atoms with Crippen LogP contribution in [0, 0.1) is 6.92 Å². The predicted octanol–water partition coefficient (Wildman–Crippen LogP) is 3.81. The zero-order valence-electron chi connectivity index (χ0n) is 20.5. The highest BCUT2D eigenvalue weighted by Gasteiger charge is 2.44.